The molecule has 1 amide bonds. The molecule has 3 N–H and O–H groups in total. The fourth-order valence-corrected chi connectivity index (χ4v) is 2.42. The van der Waals surface area contributed by atoms with Crippen molar-refractivity contribution in [2.45, 2.75) is 31.6 Å². The number of rotatable bonds is 8. The topological polar surface area (TPSA) is 113 Å². The van der Waals surface area contributed by atoms with E-state index in [1.165, 1.54) is 33.0 Å². The highest BCUT2D eigenvalue weighted by atomic mass is 32.2. The summed E-state index contributed by atoms with van der Waals surface area (Å²) < 4.78 is 25.4. The maximum Gasteiger partial charge on any atom is 0.310 e. The SMILES string of the molecule is CNS(=O)(=O)c1ccc(CCC(=O)NCC(C)(C)C(=O)O)cc1. The molecule has 0 aliphatic carbocycles. The molecule has 0 unspecified atom stereocenters. The van der Waals surface area contributed by atoms with E-state index in [-0.39, 0.29) is 23.8 Å². The third-order valence-corrected chi connectivity index (χ3v) is 4.88. The average molecular weight is 342 g/mol. The van der Waals surface area contributed by atoms with Gasteiger partial charge in [0.25, 0.3) is 0 Å². The Bertz CT molecular complexity index is 666. The zero-order valence-electron chi connectivity index (χ0n) is 13.4. The number of aliphatic carboxylic acids is 1. The quantitative estimate of drug-likeness (QED) is 0.645. The van der Waals surface area contributed by atoms with Gasteiger partial charge in [-0.05, 0) is 45.0 Å². The van der Waals surface area contributed by atoms with E-state index in [0.29, 0.717) is 6.42 Å². The fraction of sp³-hybridized carbons (Fsp3) is 0.467. The van der Waals surface area contributed by atoms with Crippen molar-refractivity contribution in [3.05, 3.63) is 29.8 Å². The van der Waals surface area contributed by atoms with Crippen LogP contribution in [0.5, 0.6) is 0 Å². The lowest BCUT2D eigenvalue weighted by Gasteiger charge is -2.19. The summed E-state index contributed by atoms with van der Waals surface area (Å²) in [7, 11) is -2.12. The maximum absolute atomic E-state index is 11.7. The Kier molecular flexibility index (Phi) is 6.28. The molecule has 1 aromatic carbocycles. The highest BCUT2D eigenvalue weighted by molar-refractivity contribution is 7.89. The molecule has 0 aliphatic rings. The van der Waals surface area contributed by atoms with Gasteiger partial charge in [0.15, 0.2) is 0 Å². The minimum Gasteiger partial charge on any atom is -0.481 e. The third kappa shape index (κ3) is 5.65. The molecule has 0 radical (unpaired) electrons. The van der Waals surface area contributed by atoms with Gasteiger partial charge in [0, 0.05) is 13.0 Å². The van der Waals surface area contributed by atoms with Gasteiger partial charge in [0.05, 0.1) is 10.3 Å². The van der Waals surface area contributed by atoms with E-state index in [9.17, 15) is 18.0 Å². The van der Waals surface area contributed by atoms with Gasteiger partial charge in [0.2, 0.25) is 15.9 Å². The van der Waals surface area contributed by atoms with Crippen LogP contribution in [0, 0.1) is 5.41 Å². The van der Waals surface area contributed by atoms with Crippen LogP contribution in [0.4, 0.5) is 0 Å². The second kappa shape index (κ2) is 7.56. The molecular weight excluding hydrogens is 320 g/mol. The number of hydrogen-bond donors (Lipinski definition) is 3. The number of amides is 1. The summed E-state index contributed by atoms with van der Waals surface area (Å²) in [6, 6.07) is 6.26. The maximum atomic E-state index is 11.7. The lowest BCUT2D eigenvalue weighted by atomic mass is 9.94. The first-order chi connectivity index (χ1) is 10.6. The summed E-state index contributed by atoms with van der Waals surface area (Å²) in [5.41, 5.74) is -0.188. The Morgan fingerprint density at radius 2 is 1.74 bits per heavy atom. The average Bonchev–Trinajstić information content (AvgIpc) is 2.51. The van der Waals surface area contributed by atoms with Crippen LogP contribution in [0.1, 0.15) is 25.8 Å². The van der Waals surface area contributed by atoms with Crippen LogP contribution in [0.15, 0.2) is 29.2 Å². The number of sulfonamides is 1. The first-order valence-corrected chi connectivity index (χ1v) is 8.59. The Hall–Kier alpha value is -1.93. The monoisotopic (exact) mass is 342 g/mol. The first kappa shape index (κ1) is 19.1. The zero-order chi connectivity index (χ0) is 17.7. The second-order valence-electron chi connectivity index (χ2n) is 5.82. The van der Waals surface area contributed by atoms with E-state index in [0.717, 1.165) is 5.56 Å². The normalized spacial score (nSPS) is 12.0. The standard InChI is InChI=1S/C15H22N2O5S/c1-15(2,14(19)20)10-17-13(18)9-6-11-4-7-12(8-5-11)23(21,22)16-3/h4-5,7-8,16H,6,9-10H2,1-3H3,(H,17,18)(H,19,20). The van der Waals surface area contributed by atoms with E-state index in [2.05, 4.69) is 10.0 Å². The third-order valence-electron chi connectivity index (χ3n) is 3.45. The van der Waals surface area contributed by atoms with Crippen LogP contribution < -0.4 is 10.0 Å². The predicted molar refractivity (Wildman–Crippen MR) is 85.4 cm³/mol. The van der Waals surface area contributed by atoms with E-state index in [1.54, 1.807) is 12.1 Å². The number of nitrogens with one attached hydrogen (secondary N) is 2. The summed E-state index contributed by atoms with van der Waals surface area (Å²) in [4.78, 5) is 22.9. The molecule has 0 aliphatic heterocycles. The lowest BCUT2D eigenvalue weighted by molar-refractivity contribution is -0.146. The van der Waals surface area contributed by atoms with Crippen LogP contribution in [0.2, 0.25) is 0 Å². The van der Waals surface area contributed by atoms with Gasteiger partial charge in [-0.3, -0.25) is 9.59 Å². The van der Waals surface area contributed by atoms with Gasteiger partial charge in [-0.25, -0.2) is 13.1 Å². The van der Waals surface area contributed by atoms with Crippen molar-refractivity contribution >= 4 is 21.9 Å². The molecule has 0 atom stereocenters. The molecule has 0 fully saturated rings. The predicted octanol–water partition coefficient (Wildman–Crippen LogP) is 0.754. The minimum absolute atomic E-state index is 0.0561. The second-order valence-corrected chi connectivity index (χ2v) is 7.70. The number of benzene rings is 1. The van der Waals surface area contributed by atoms with Crippen LogP contribution >= 0.6 is 0 Å². The molecule has 0 saturated heterocycles. The summed E-state index contributed by atoms with van der Waals surface area (Å²) in [5.74, 6) is -1.22. The Morgan fingerprint density at radius 3 is 2.22 bits per heavy atom. The molecule has 128 valence electrons. The van der Waals surface area contributed by atoms with Gasteiger partial charge >= 0.3 is 5.97 Å². The van der Waals surface area contributed by atoms with Gasteiger partial charge in [-0.15, -0.1) is 0 Å². The molecule has 7 nitrogen and oxygen atoms in total. The molecule has 0 spiro atoms. The van der Waals surface area contributed by atoms with Gasteiger partial charge in [0.1, 0.15) is 0 Å². The molecule has 23 heavy (non-hydrogen) atoms. The van der Waals surface area contributed by atoms with Crippen LogP contribution in [0.25, 0.3) is 0 Å². The molecule has 0 aromatic heterocycles. The molecule has 0 bridgehead atoms. The van der Waals surface area contributed by atoms with Crippen molar-refractivity contribution in [1.82, 2.24) is 10.0 Å². The summed E-state index contributed by atoms with van der Waals surface area (Å²) in [6.07, 6.45) is 0.646. The van der Waals surface area contributed by atoms with Crippen molar-refractivity contribution in [3.8, 4) is 0 Å². The van der Waals surface area contributed by atoms with Crippen molar-refractivity contribution in [2.75, 3.05) is 13.6 Å². The Balaban J connectivity index is 2.53. The number of carboxylic acids is 1. The zero-order valence-corrected chi connectivity index (χ0v) is 14.2. The van der Waals surface area contributed by atoms with Crippen LogP contribution in [-0.4, -0.2) is 39.0 Å². The molecule has 0 heterocycles. The molecule has 8 heteroatoms. The van der Waals surface area contributed by atoms with Crippen molar-refractivity contribution in [2.24, 2.45) is 5.41 Å². The van der Waals surface area contributed by atoms with Gasteiger partial charge < -0.3 is 10.4 Å². The molecule has 0 saturated carbocycles. The Morgan fingerprint density at radius 1 is 1.17 bits per heavy atom. The van der Waals surface area contributed by atoms with E-state index >= 15 is 0 Å². The first-order valence-electron chi connectivity index (χ1n) is 7.11. The number of carbonyl (C=O) groups excluding carboxylic acids is 1. The van der Waals surface area contributed by atoms with Crippen molar-refractivity contribution < 1.29 is 23.1 Å². The summed E-state index contributed by atoms with van der Waals surface area (Å²) in [5, 5.41) is 11.6. The highest BCUT2D eigenvalue weighted by Crippen LogP contribution is 2.14. The molecule has 1 aromatic rings. The number of aryl methyl sites for hydroxylation is 1. The van der Waals surface area contributed by atoms with Gasteiger partial charge in [-0.2, -0.15) is 0 Å². The largest absolute Gasteiger partial charge is 0.481 e. The lowest BCUT2D eigenvalue weighted by Crippen LogP contribution is -2.38. The summed E-state index contributed by atoms with van der Waals surface area (Å²) >= 11 is 0. The smallest absolute Gasteiger partial charge is 0.310 e. The molecular formula is C15H22N2O5S. The summed E-state index contributed by atoms with van der Waals surface area (Å²) in [6.45, 7) is 3.13. The number of carboxylic acid groups (broad SMARTS) is 1. The minimum atomic E-state index is -3.46. The van der Waals surface area contributed by atoms with Crippen LogP contribution in [0.3, 0.4) is 0 Å². The van der Waals surface area contributed by atoms with E-state index in [1.807, 2.05) is 0 Å². The number of hydrogen-bond acceptors (Lipinski definition) is 4. The van der Waals surface area contributed by atoms with Gasteiger partial charge in [-0.1, -0.05) is 12.1 Å². The number of carbonyl (C=O) groups is 2. The fourth-order valence-electron chi connectivity index (χ4n) is 1.69. The van der Waals surface area contributed by atoms with E-state index < -0.39 is 21.4 Å². The van der Waals surface area contributed by atoms with Crippen LogP contribution in [-0.2, 0) is 26.0 Å². The van der Waals surface area contributed by atoms with Crippen molar-refractivity contribution in [1.29, 1.82) is 0 Å². The Labute approximate surface area is 136 Å². The van der Waals surface area contributed by atoms with E-state index in [4.69, 9.17) is 5.11 Å². The highest BCUT2D eigenvalue weighted by Gasteiger charge is 2.27. The molecule has 1 rings (SSSR count). The van der Waals surface area contributed by atoms with Crippen molar-refractivity contribution in [3.63, 3.8) is 0 Å².